The SMILES string of the molecule is C1=CC2Oc3ccc(-c4ccc(N(c5ccccc5)c5ccc6c(c5)C5(c7ccccc7-c7ccccc75)c5ccc7ccccc7c5-6)cc4)cc3C2C=C1.CC. The Morgan fingerprint density at radius 2 is 1.12 bits per heavy atom. The van der Waals surface area contributed by atoms with Crippen LogP contribution in [0.3, 0.4) is 0 Å². The lowest BCUT2D eigenvalue weighted by Gasteiger charge is -2.32. The number of anilines is 3. The normalized spacial score (nSPS) is 16.7. The van der Waals surface area contributed by atoms with E-state index in [2.05, 4.69) is 205 Å². The third-order valence-electron chi connectivity index (χ3n) is 12.4. The van der Waals surface area contributed by atoms with Crippen LogP contribution in [0.15, 0.2) is 200 Å². The Kier molecular flexibility index (Phi) is 7.69. The van der Waals surface area contributed by atoms with Crippen LogP contribution in [0.4, 0.5) is 17.1 Å². The summed E-state index contributed by atoms with van der Waals surface area (Å²) in [5.41, 5.74) is 17.2. The molecule has 3 aliphatic carbocycles. The van der Waals surface area contributed by atoms with Crippen LogP contribution in [0, 0.1) is 0 Å². The first-order valence-corrected chi connectivity index (χ1v) is 20.3. The van der Waals surface area contributed by atoms with Crippen molar-refractivity contribution in [2.24, 2.45) is 0 Å². The summed E-state index contributed by atoms with van der Waals surface area (Å²) in [6.07, 6.45) is 8.71. The van der Waals surface area contributed by atoms with Gasteiger partial charge in [0, 0.05) is 28.5 Å². The Bertz CT molecular complexity index is 2870. The molecule has 8 aromatic rings. The Hall–Kier alpha value is -6.90. The molecule has 0 bridgehead atoms. The summed E-state index contributed by atoms with van der Waals surface area (Å²) in [4.78, 5) is 2.41. The molecule has 0 saturated carbocycles. The lowest BCUT2D eigenvalue weighted by molar-refractivity contribution is 0.269. The van der Waals surface area contributed by atoms with Crippen molar-refractivity contribution in [1.82, 2.24) is 0 Å². The number of para-hydroxylation sites is 1. The number of allylic oxidation sites excluding steroid dienone is 2. The van der Waals surface area contributed by atoms with Crippen LogP contribution < -0.4 is 9.64 Å². The van der Waals surface area contributed by atoms with Crippen LogP contribution in [-0.2, 0) is 5.41 Å². The molecule has 57 heavy (non-hydrogen) atoms. The molecular weight excluding hydrogens is 691 g/mol. The predicted octanol–water partition coefficient (Wildman–Crippen LogP) is 14.3. The van der Waals surface area contributed by atoms with Crippen molar-refractivity contribution >= 4 is 27.8 Å². The second-order valence-corrected chi connectivity index (χ2v) is 15.1. The smallest absolute Gasteiger partial charge is 0.128 e. The number of fused-ring (bicyclic) bond motifs is 15. The quantitative estimate of drug-likeness (QED) is 0.179. The highest BCUT2D eigenvalue weighted by molar-refractivity contribution is 6.06. The Balaban J connectivity index is 0.00000184. The van der Waals surface area contributed by atoms with Gasteiger partial charge in [-0.05, 0) is 121 Å². The molecule has 0 aromatic heterocycles. The fraction of sp³-hybridized carbons (Fsp3) is 0.0909. The first-order chi connectivity index (χ1) is 28.3. The van der Waals surface area contributed by atoms with Gasteiger partial charge in [-0.2, -0.15) is 0 Å². The standard InChI is InChI=1S/C53H35NO.C2H6/c1-2-13-37(14-3-1)54(38-26-22-34(23-27-38)36-25-31-51-45(32-36)43-18-8-11-21-50(43)55-51)39-28-29-44-49(33-39)53(48-30-24-35-12-4-5-15-40(35)52(44)48)46-19-9-6-16-41(46)42-17-7-10-20-47(42)53;1-2/h1-33,43,50H;1-2H3. The topological polar surface area (TPSA) is 12.5 Å². The lowest BCUT2D eigenvalue weighted by Crippen LogP contribution is -2.26. The maximum atomic E-state index is 6.25. The van der Waals surface area contributed by atoms with E-state index in [0.29, 0.717) is 0 Å². The molecule has 0 amide bonds. The minimum absolute atomic E-state index is 0.0845. The van der Waals surface area contributed by atoms with Gasteiger partial charge in [0.25, 0.3) is 0 Å². The van der Waals surface area contributed by atoms with Gasteiger partial charge in [-0.1, -0.05) is 159 Å². The summed E-state index contributed by atoms with van der Waals surface area (Å²) < 4.78 is 6.25. The Morgan fingerprint density at radius 3 is 1.91 bits per heavy atom. The summed E-state index contributed by atoms with van der Waals surface area (Å²) in [5.74, 6) is 1.25. The second kappa shape index (κ2) is 13.1. The first-order valence-electron chi connectivity index (χ1n) is 20.3. The van der Waals surface area contributed by atoms with Crippen molar-refractivity contribution in [2.75, 3.05) is 4.90 Å². The van der Waals surface area contributed by atoms with Crippen LogP contribution >= 0.6 is 0 Å². The van der Waals surface area contributed by atoms with Gasteiger partial charge >= 0.3 is 0 Å². The van der Waals surface area contributed by atoms with E-state index in [9.17, 15) is 0 Å². The largest absolute Gasteiger partial charge is 0.485 e. The van der Waals surface area contributed by atoms with Crippen molar-refractivity contribution in [1.29, 1.82) is 0 Å². The highest BCUT2D eigenvalue weighted by Crippen LogP contribution is 2.64. The van der Waals surface area contributed by atoms with Gasteiger partial charge in [0.2, 0.25) is 0 Å². The zero-order chi connectivity index (χ0) is 38.1. The van der Waals surface area contributed by atoms with Gasteiger partial charge in [-0.3, -0.25) is 0 Å². The maximum absolute atomic E-state index is 6.25. The molecule has 2 heteroatoms. The third kappa shape index (κ3) is 4.83. The molecule has 8 aromatic carbocycles. The van der Waals surface area contributed by atoms with Crippen molar-refractivity contribution in [2.45, 2.75) is 31.3 Å². The average Bonchev–Trinajstić information content (AvgIpc) is 3.91. The molecular formula is C55H41NO. The van der Waals surface area contributed by atoms with Gasteiger partial charge in [-0.25, -0.2) is 0 Å². The maximum Gasteiger partial charge on any atom is 0.128 e. The number of nitrogens with zero attached hydrogens (tertiary/aromatic N) is 1. The molecule has 4 aliphatic rings. The van der Waals surface area contributed by atoms with Crippen LogP contribution in [0.2, 0.25) is 0 Å². The molecule has 1 aliphatic heterocycles. The van der Waals surface area contributed by atoms with E-state index < -0.39 is 5.41 Å². The molecule has 2 nitrogen and oxygen atoms in total. The molecule has 12 rings (SSSR count). The van der Waals surface area contributed by atoms with Gasteiger partial charge in [0.15, 0.2) is 0 Å². The number of benzene rings is 8. The van der Waals surface area contributed by atoms with E-state index in [1.54, 1.807) is 0 Å². The monoisotopic (exact) mass is 731 g/mol. The lowest BCUT2D eigenvalue weighted by atomic mass is 9.70. The summed E-state index contributed by atoms with van der Waals surface area (Å²) in [7, 11) is 0. The van der Waals surface area contributed by atoms with Crippen molar-refractivity contribution in [3.8, 4) is 39.1 Å². The fourth-order valence-electron chi connectivity index (χ4n) is 10.1. The number of hydrogen-bond donors (Lipinski definition) is 0. The Morgan fingerprint density at radius 1 is 0.474 bits per heavy atom. The van der Waals surface area contributed by atoms with Gasteiger partial charge in [0.1, 0.15) is 11.9 Å². The van der Waals surface area contributed by atoms with Crippen LogP contribution in [0.1, 0.15) is 47.6 Å². The second-order valence-electron chi connectivity index (χ2n) is 15.1. The average molecular weight is 732 g/mol. The Labute approximate surface area is 334 Å². The molecule has 1 heterocycles. The molecule has 0 radical (unpaired) electrons. The minimum atomic E-state index is -0.441. The van der Waals surface area contributed by atoms with E-state index in [4.69, 9.17) is 4.74 Å². The molecule has 2 unspecified atom stereocenters. The predicted molar refractivity (Wildman–Crippen MR) is 237 cm³/mol. The summed E-state index contributed by atoms with van der Waals surface area (Å²) in [5, 5.41) is 2.56. The molecule has 272 valence electrons. The number of ether oxygens (including phenoxy) is 1. The number of rotatable bonds is 4. The summed E-state index contributed by atoms with van der Waals surface area (Å²) in [6, 6.07) is 65.3. The zero-order valence-corrected chi connectivity index (χ0v) is 32.1. The highest BCUT2D eigenvalue weighted by Gasteiger charge is 2.52. The fourth-order valence-corrected chi connectivity index (χ4v) is 10.1. The first kappa shape index (κ1) is 33.4. The van der Waals surface area contributed by atoms with E-state index >= 15 is 0 Å². The molecule has 0 saturated heterocycles. The summed E-state index contributed by atoms with van der Waals surface area (Å²) in [6.45, 7) is 4.00. The van der Waals surface area contributed by atoms with Crippen molar-refractivity contribution < 1.29 is 4.74 Å². The van der Waals surface area contributed by atoms with E-state index in [1.807, 2.05) is 13.8 Å². The molecule has 0 fully saturated rings. The summed E-state index contributed by atoms with van der Waals surface area (Å²) >= 11 is 0. The molecule has 2 atom stereocenters. The molecule has 1 spiro atoms. The molecule has 0 N–H and O–H groups in total. The minimum Gasteiger partial charge on any atom is -0.485 e. The third-order valence-corrected chi connectivity index (χ3v) is 12.4. The number of hydrogen-bond acceptors (Lipinski definition) is 2. The highest BCUT2D eigenvalue weighted by atomic mass is 16.5. The van der Waals surface area contributed by atoms with Crippen LogP contribution in [0.25, 0.3) is 44.2 Å². The van der Waals surface area contributed by atoms with Gasteiger partial charge < -0.3 is 9.64 Å². The van der Waals surface area contributed by atoms with E-state index in [1.165, 1.54) is 72.0 Å². The van der Waals surface area contributed by atoms with E-state index in [-0.39, 0.29) is 12.0 Å². The zero-order valence-electron chi connectivity index (χ0n) is 32.1. The van der Waals surface area contributed by atoms with Gasteiger partial charge in [-0.15, -0.1) is 0 Å². The van der Waals surface area contributed by atoms with Crippen LogP contribution in [0.5, 0.6) is 5.75 Å². The van der Waals surface area contributed by atoms with E-state index in [0.717, 1.165) is 22.8 Å². The van der Waals surface area contributed by atoms with Crippen LogP contribution in [-0.4, -0.2) is 6.10 Å². The van der Waals surface area contributed by atoms with Crippen molar-refractivity contribution in [3.05, 3.63) is 228 Å². The van der Waals surface area contributed by atoms with Gasteiger partial charge in [0.05, 0.1) is 5.41 Å². The van der Waals surface area contributed by atoms with Crippen molar-refractivity contribution in [3.63, 3.8) is 0 Å².